The van der Waals surface area contributed by atoms with Gasteiger partial charge in [-0.25, -0.2) is 4.79 Å². The topological polar surface area (TPSA) is 66.4 Å². The molecule has 1 amide bonds. The molecule has 1 fully saturated rings. The van der Waals surface area contributed by atoms with E-state index in [4.69, 9.17) is 5.11 Å². The zero-order valence-electron chi connectivity index (χ0n) is 10.8. The number of hydrogen-bond acceptors (Lipinski definition) is 2. The molecule has 0 bridgehead atoms. The lowest BCUT2D eigenvalue weighted by Crippen LogP contribution is -2.47. The third-order valence-electron chi connectivity index (χ3n) is 3.90. The standard InChI is InChI=1S/C13H23NO3/c1-3-7-10(11(15)16)14-12(17)13(4-2)8-5-6-9-13/h10H,3-9H2,1-2H3,(H,14,17)(H,15,16). The second-order valence-electron chi connectivity index (χ2n) is 4.99. The molecule has 0 aromatic heterocycles. The summed E-state index contributed by atoms with van der Waals surface area (Å²) in [6.45, 7) is 3.94. The van der Waals surface area contributed by atoms with Crippen LogP contribution >= 0.6 is 0 Å². The molecule has 1 aliphatic rings. The average Bonchev–Trinajstić information content (AvgIpc) is 2.78. The number of hydrogen-bond donors (Lipinski definition) is 2. The van der Waals surface area contributed by atoms with E-state index in [1.807, 2.05) is 13.8 Å². The van der Waals surface area contributed by atoms with E-state index in [1.54, 1.807) is 0 Å². The molecule has 0 aromatic carbocycles. The van der Waals surface area contributed by atoms with Crippen molar-refractivity contribution in [1.82, 2.24) is 5.32 Å². The number of amides is 1. The molecule has 1 rings (SSSR count). The summed E-state index contributed by atoms with van der Waals surface area (Å²) in [5.74, 6) is -0.984. The van der Waals surface area contributed by atoms with Gasteiger partial charge in [0.05, 0.1) is 0 Å². The first-order valence-electron chi connectivity index (χ1n) is 6.59. The van der Waals surface area contributed by atoms with E-state index in [1.165, 1.54) is 0 Å². The zero-order chi connectivity index (χ0) is 12.9. The number of carboxylic acid groups (broad SMARTS) is 1. The molecule has 0 saturated heterocycles. The van der Waals surface area contributed by atoms with Gasteiger partial charge in [-0.2, -0.15) is 0 Å². The Labute approximate surface area is 103 Å². The number of carbonyl (C=O) groups excluding carboxylic acids is 1. The maximum absolute atomic E-state index is 12.2. The molecule has 0 spiro atoms. The number of carboxylic acids is 1. The Morgan fingerprint density at radius 3 is 2.29 bits per heavy atom. The molecule has 1 unspecified atom stereocenters. The first-order chi connectivity index (χ1) is 8.05. The van der Waals surface area contributed by atoms with Crippen LogP contribution in [-0.4, -0.2) is 23.0 Å². The number of carbonyl (C=O) groups is 2. The van der Waals surface area contributed by atoms with Gasteiger partial charge in [0.15, 0.2) is 0 Å². The van der Waals surface area contributed by atoms with Crippen LogP contribution in [0.4, 0.5) is 0 Å². The molecule has 0 aromatic rings. The predicted octanol–water partition coefficient (Wildman–Crippen LogP) is 2.33. The highest BCUT2D eigenvalue weighted by Gasteiger charge is 2.40. The molecular weight excluding hydrogens is 218 g/mol. The average molecular weight is 241 g/mol. The summed E-state index contributed by atoms with van der Waals surface area (Å²) in [6.07, 6.45) is 6.01. The van der Waals surface area contributed by atoms with Crippen molar-refractivity contribution in [1.29, 1.82) is 0 Å². The Bertz CT molecular complexity index is 282. The molecule has 4 nitrogen and oxygen atoms in total. The van der Waals surface area contributed by atoms with Crippen molar-refractivity contribution in [3.63, 3.8) is 0 Å². The van der Waals surface area contributed by atoms with Gasteiger partial charge in [0.25, 0.3) is 0 Å². The summed E-state index contributed by atoms with van der Waals surface area (Å²) >= 11 is 0. The Morgan fingerprint density at radius 1 is 1.29 bits per heavy atom. The zero-order valence-corrected chi connectivity index (χ0v) is 10.8. The molecule has 98 valence electrons. The maximum Gasteiger partial charge on any atom is 0.326 e. The molecule has 1 atom stereocenters. The molecule has 0 radical (unpaired) electrons. The van der Waals surface area contributed by atoms with Crippen molar-refractivity contribution < 1.29 is 14.7 Å². The highest BCUT2D eigenvalue weighted by molar-refractivity contribution is 5.87. The van der Waals surface area contributed by atoms with Crippen LogP contribution in [0, 0.1) is 5.41 Å². The van der Waals surface area contributed by atoms with Crippen LogP contribution in [-0.2, 0) is 9.59 Å². The Balaban J connectivity index is 2.65. The number of rotatable bonds is 6. The monoisotopic (exact) mass is 241 g/mol. The first-order valence-corrected chi connectivity index (χ1v) is 6.59. The van der Waals surface area contributed by atoms with E-state index in [0.717, 1.165) is 38.5 Å². The van der Waals surface area contributed by atoms with E-state index in [2.05, 4.69) is 5.32 Å². The minimum absolute atomic E-state index is 0.0571. The lowest BCUT2D eigenvalue weighted by molar-refractivity contribution is -0.144. The molecule has 0 heterocycles. The van der Waals surface area contributed by atoms with Gasteiger partial charge in [0.1, 0.15) is 6.04 Å². The normalized spacial score (nSPS) is 19.9. The van der Waals surface area contributed by atoms with Crippen molar-refractivity contribution in [2.24, 2.45) is 5.41 Å². The summed E-state index contributed by atoms with van der Waals surface area (Å²) < 4.78 is 0. The lowest BCUT2D eigenvalue weighted by Gasteiger charge is -2.28. The van der Waals surface area contributed by atoms with Gasteiger partial charge in [-0.05, 0) is 25.7 Å². The van der Waals surface area contributed by atoms with E-state index >= 15 is 0 Å². The summed E-state index contributed by atoms with van der Waals surface area (Å²) in [6, 6.07) is -0.725. The van der Waals surface area contributed by atoms with Crippen molar-refractivity contribution in [2.75, 3.05) is 0 Å². The van der Waals surface area contributed by atoms with Crippen molar-refractivity contribution >= 4 is 11.9 Å². The fourth-order valence-electron chi connectivity index (χ4n) is 2.65. The van der Waals surface area contributed by atoms with Crippen LogP contribution in [0.5, 0.6) is 0 Å². The van der Waals surface area contributed by atoms with Crippen molar-refractivity contribution in [3.05, 3.63) is 0 Å². The predicted molar refractivity (Wildman–Crippen MR) is 65.7 cm³/mol. The van der Waals surface area contributed by atoms with Crippen LogP contribution in [0.15, 0.2) is 0 Å². The van der Waals surface area contributed by atoms with E-state index in [-0.39, 0.29) is 11.3 Å². The fraction of sp³-hybridized carbons (Fsp3) is 0.846. The fourth-order valence-corrected chi connectivity index (χ4v) is 2.65. The summed E-state index contributed by atoms with van der Waals surface area (Å²) in [4.78, 5) is 23.2. The summed E-state index contributed by atoms with van der Waals surface area (Å²) in [5, 5.41) is 11.8. The van der Waals surface area contributed by atoms with Gasteiger partial charge < -0.3 is 10.4 Å². The van der Waals surface area contributed by atoms with Crippen LogP contribution in [0.2, 0.25) is 0 Å². The molecule has 17 heavy (non-hydrogen) atoms. The van der Waals surface area contributed by atoms with E-state index < -0.39 is 12.0 Å². The van der Waals surface area contributed by atoms with Gasteiger partial charge >= 0.3 is 5.97 Å². The smallest absolute Gasteiger partial charge is 0.326 e. The third kappa shape index (κ3) is 3.20. The van der Waals surface area contributed by atoms with Gasteiger partial charge in [-0.3, -0.25) is 4.79 Å². The van der Waals surface area contributed by atoms with Gasteiger partial charge in [-0.15, -0.1) is 0 Å². The van der Waals surface area contributed by atoms with Crippen LogP contribution in [0.3, 0.4) is 0 Å². The van der Waals surface area contributed by atoms with E-state index in [9.17, 15) is 9.59 Å². The highest BCUT2D eigenvalue weighted by Crippen LogP contribution is 2.41. The maximum atomic E-state index is 12.2. The highest BCUT2D eigenvalue weighted by atomic mass is 16.4. The van der Waals surface area contributed by atoms with Crippen LogP contribution in [0.25, 0.3) is 0 Å². The largest absolute Gasteiger partial charge is 0.480 e. The SMILES string of the molecule is CCCC(NC(=O)C1(CC)CCCC1)C(=O)O. The van der Waals surface area contributed by atoms with Gasteiger partial charge in [0.2, 0.25) is 5.91 Å². The van der Waals surface area contributed by atoms with Crippen LogP contribution in [0.1, 0.15) is 58.8 Å². The number of aliphatic carboxylic acids is 1. The Kier molecular flexibility index (Phi) is 4.97. The quantitative estimate of drug-likeness (QED) is 0.750. The van der Waals surface area contributed by atoms with Crippen LogP contribution < -0.4 is 5.32 Å². The van der Waals surface area contributed by atoms with Crippen molar-refractivity contribution in [3.8, 4) is 0 Å². The second kappa shape index (κ2) is 6.03. The van der Waals surface area contributed by atoms with E-state index in [0.29, 0.717) is 6.42 Å². The van der Waals surface area contributed by atoms with Gasteiger partial charge in [-0.1, -0.05) is 33.1 Å². The summed E-state index contributed by atoms with van der Waals surface area (Å²) in [5.41, 5.74) is -0.304. The third-order valence-corrected chi connectivity index (χ3v) is 3.90. The molecule has 1 aliphatic carbocycles. The summed E-state index contributed by atoms with van der Waals surface area (Å²) in [7, 11) is 0. The lowest BCUT2D eigenvalue weighted by atomic mass is 9.82. The Morgan fingerprint density at radius 2 is 1.88 bits per heavy atom. The molecule has 0 aliphatic heterocycles. The Hall–Kier alpha value is -1.06. The first kappa shape index (κ1) is 14.0. The molecule has 2 N–H and O–H groups in total. The van der Waals surface area contributed by atoms with Gasteiger partial charge in [0, 0.05) is 5.41 Å². The minimum Gasteiger partial charge on any atom is -0.480 e. The second-order valence-corrected chi connectivity index (χ2v) is 4.99. The number of nitrogens with one attached hydrogen (secondary N) is 1. The van der Waals surface area contributed by atoms with Crippen molar-refractivity contribution in [2.45, 2.75) is 64.8 Å². The molecule has 4 heteroatoms. The molecular formula is C13H23NO3. The molecule has 1 saturated carbocycles. The minimum atomic E-state index is -0.926.